The Hall–Kier alpha value is -0.220. The number of carbonyl (C=O) groups is 1. The minimum absolute atomic E-state index is 0.199. The van der Waals surface area contributed by atoms with Gasteiger partial charge in [-0.25, -0.2) is 0 Å². The summed E-state index contributed by atoms with van der Waals surface area (Å²) in [7, 11) is 0. The average molecular weight is 230 g/mol. The average Bonchev–Trinajstić information content (AvgIpc) is 2.75. The Morgan fingerprint density at radius 2 is 2.47 bits per heavy atom. The maximum atomic E-state index is 11.5. The Labute approximate surface area is 96.8 Å². The summed E-state index contributed by atoms with van der Waals surface area (Å²) < 4.78 is 0. The first-order chi connectivity index (χ1) is 7.22. The molecule has 4 heteroatoms. The van der Waals surface area contributed by atoms with Gasteiger partial charge >= 0.3 is 0 Å². The van der Waals surface area contributed by atoms with E-state index < -0.39 is 0 Å². The molecule has 0 aromatic heterocycles. The molecular formula is C11H22N2OS. The summed E-state index contributed by atoms with van der Waals surface area (Å²) in [5.74, 6) is 0.199. The first-order valence-corrected chi connectivity index (χ1v) is 7.04. The van der Waals surface area contributed by atoms with Crippen LogP contribution in [-0.4, -0.2) is 36.5 Å². The van der Waals surface area contributed by atoms with E-state index in [2.05, 4.69) is 23.8 Å². The molecule has 2 unspecified atom stereocenters. The van der Waals surface area contributed by atoms with Crippen LogP contribution < -0.4 is 10.6 Å². The van der Waals surface area contributed by atoms with Gasteiger partial charge in [0.1, 0.15) is 0 Å². The molecule has 1 heterocycles. The maximum absolute atomic E-state index is 11.5. The Morgan fingerprint density at radius 1 is 1.67 bits per heavy atom. The third-order valence-corrected chi connectivity index (χ3v) is 3.84. The molecule has 1 aliphatic rings. The normalized spacial score (nSPS) is 22.7. The van der Waals surface area contributed by atoms with E-state index in [1.54, 1.807) is 11.8 Å². The number of rotatable bonds is 6. The van der Waals surface area contributed by atoms with Crippen LogP contribution in [0.4, 0.5) is 0 Å². The standard InChI is InChI=1S/C11H22N2OS/c1-9(15-2)8-13-11(14)6-5-10-4-3-7-12-10/h9-10,12H,3-8H2,1-2H3,(H,13,14). The van der Waals surface area contributed by atoms with Crippen molar-refractivity contribution < 1.29 is 4.79 Å². The molecule has 2 atom stereocenters. The number of carbonyl (C=O) groups excluding carboxylic acids is 1. The SMILES string of the molecule is CSC(C)CNC(=O)CCC1CCCN1. The van der Waals surface area contributed by atoms with Crippen molar-refractivity contribution in [3.8, 4) is 0 Å². The monoisotopic (exact) mass is 230 g/mol. The summed E-state index contributed by atoms with van der Waals surface area (Å²) in [6.07, 6.45) is 6.21. The quantitative estimate of drug-likeness (QED) is 0.724. The second-order valence-electron chi connectivity index (χ2n) is 4.18. The largest absolute Gasteiger partial charge is 0.355 e. The number of hydrogen-bond donors (Lipinski definition) is 2. The molecule has 1 fully saturated rings. The minimum Gasteiger partial charge on any atom is -0.355 e. The maximum Gasteiger partial charge on any atom is 0.220 e. The van der Waals surface area contributed by atoms with Crippen LogP contribution in [-0.2, 0) is 4.79 Å². The molecule has 0 aromatic rings. The molecule has 1 saturated heterocycles. The number of nitrogens with one attached hydrogen (secondary N) is 2. The van der Waals surface area contributed by atoms with E-state index in [0.29, 0.717) is 17.7 Å². The highest BCUT2D eigenvalue weighted by Crippen LogP contribution is 2.10. The van der Waals surface area contributed by atoms with Crippen LogP contribution in [0.1, 0.15) is 32.6 Å². The van der Waals surface area contributed by atoms with Crippen molar-refractivity contribution in [1.29, 1.82) is 0 Å². The van der Waals surface area contributed by atoms with Crippen molar-refractivity contribution in [1.82, 2.24) is 10.6 Å². The van der Waals surface area contributed by atoms with Gasteiger partial charge in [0.15, 0.2) is 0 Å². The van der Waals surface area contributed by atoms with Gasteiger partial charge in [0.2, 0.25) is 5.91 Å². The van der Waals surface area contributed by atoms with Crippen LogP contribution in [0, 0.1) is 0 Å². The molecule has 88 valence electrons. The number of thioether (sulfide) groups is 1. The molecule has 0 aromatic carbocycles. The van der Waals surface area contributed by atoms with Gasteiger partial charge in [0, 0.05) is 24.3 Å². The van der Waals surface area contributed by atoms with Gasteiger partial charge < -0.3 is 10.6 Å². The van der Waals surface area contributed by atoms with Crippen molar-refractivity contribution in [2.24, 2.45) is 0 Å². The Bertz CT molecular complexity index is 193. The number of hydrogen-bond acceptors (Lipinski definition) is 3. The van der Waals surface area contributed by atoms with Gasteiger partial charge in [-0.05, 0) is 32.1 Å². The third-order valence-electron chi connectivity index (χ3n) is 2.87. The second kappa shape index (κ2) is 7.12. The summed E-state index contributed by atoms with van der Waals surface area (Å²) in [6, 6.07) is 0.578. The van der Waals surface area contributed by atoms with Crippen molar-refractivity contribution in [2.45, 2.75) is 43.9 Å². The van der Waals surface area contributed by atoms with Crippen molar-refractivity contribution in [2.75, 3.05) is 19.3 Å². The van der Waals surface area contributed by atoms with E-state index in [9.17, 15) is 4.79 Å². The minimum atomic E-state index is 0.199. The first-order valence-electron chi connectivity index (χ1n) is 5.75. The van der Waals surface area contributed by atoms with Gasteiger partial charge in [-0.15, -0.1) is 0 Å². The molecule has 0 spiro atoms. The molecule has 1 rings (SSSR count). The topological polar surface area (TPSA) is 41.1 Å². The molecule has 0 radical (unpaired) electrons. The van der Waals surface area contributed by atoms with Gasteiger partial charge in [0.25, 0.3) is 0 Å². The molecule has 1 amide bonds. The third kappa shape index (κ3) is 5.42. The fourth-order valence-corrected chi connectivity index (χ4v) is 1.99. The predicted molar refractivity (Wildman–Crippen MR) is 66.2 cm³/mol. The molecule has 2 N–H and O–H groups in total. The smallest absolute Gasteiger partial charge is 0.220 e. The van der Waals surface area contributed by atoms with Gasteiger partial charge in [-0.2, -0.15) is 11.8 Å². The van der Waals surface area contributed by atoms with Crippen LogP contribution in [0.2, 0.25) is 0 Å². The van der Waals surface area contributed by atoms with Crippen molar-refractivity contribution in [3.63, 3.8) is 0 Å². The fourth-order valence-electron chi connectivity index (χ4n) is 1.74. The van der Waals surface area contributed by atoms with Crippen molar-refractivity contribution >= 4 is 17.7 Å². The molecular weight excluding hydrogens is 208 g/mol. The van der Waals surface area contributed by atoms with Gasteiger partial charge in [0.05, 0.1) is 0 Å². The zero-order valence-corrected chi connectivity index (χ0v) is 10.5. The molecule has 0 saturated carbocycles. The molecule has 15 heavy (non-hydrogen) atoms. The highest BCUT2D eigenvalue weighted by atomic mass is 32.2. The summed E-state index contributed by atoms with van der Waals surface area (Å²) >= 11 is 1.78. The zero-order valence-electron chi connectivity index (χ0n) is 9.71. The lowest BCUT2D eigenvalue weighted by Gasteiger charge is -2.12. The Balaban J connectivity index is 2.02. The number of amides is 1. The molecule has 0 aliphatic carbocycles. The summed E-state index contributed by atoms with van der Waals surface area (Å²) in [6.45, 7) is 4.04. The summed E-state index contributed by atoms with van der Waals surface area (Å²) in [4.78, 5) is 11.5. The lowest BCUT2D eigenvalue weighted by atomic mass is 10.1. The molecule has 0 bridgehead atoms. The summed E-state index contributed by atoms with van der Waals surface area (Å²) in [5, 5.41) is 6.89. The second-order valence-corrected chi connectivity index (χ2v) is 5.46. The summed E-state index contributed by atoms with van der Waals surface area (Å²) in [5.41, 5.74) is 0. The van der Waals surface area contributed by atoms with E-state index in [-0.39, 0.29) is 5.91 Å². The first kappa shape index (κ1) is 12.8. The van der Waals surface area contributed by atoms with Gasteiger partial charge in [-0.1, -0.05) is 6.92 Å². The van der Waals surface area contributed by atoms with E-state index in [1.165, 1.54) is 12.8 Å². The van der Waals surface area contributed by atoms with Crippen LogP contribution in [0.25, 0.3) is 0 Å². The van der Waals surface area contributed by atoms with Gasteiger partial charge in [-0.3, -0.25) is 4.79 Å². The lowest BCUT2D eigenvalue weighted by molar-refractivity contribution is -0.121. The zero-order chi connectivity index (χ0) is 11.1. The molecule has 1 aliphatic heterocycles. The lowest BCUT2D eigenvalue weighted by Crippen LogP contribution is -2.31. The molecule has 3 nitrogen and oxygen atoms in total. The van der Waals surface area contributed by atoms with E-state index in [1.807, 2.05) is 0 Å². The van der Waals surface area contributed by atoms with Crippen LogP contribution in [0.15, 0.2) is 0 Å². The van der Waals surface area contributed by atoms with E-state index in [0.717, 1.165) is 19.5 Å². The van der Waals surface area contributed by atoms with Crippen LogP contribution >= 0.6 is 11.8 Å². The van der Waals surface area contributed by atoms with Crippen LogP contribution in [0.3, 0.4) is 0 Å². The van der Waals surface area contributed by atoms with Crippen molar-refractivity contribution in [3.05, 3.63) is 0 Å². The fraction of sp³-hybridized carbons (Fsp3) is 0.909. The predicted octanol–water partition coefficient (Wildman–Crippen LogP) is 1.39. The van der Waals surface area contributed by atoms with E-state index >= 15 is 0 Å². The highest BCUT2D eigenvalue weighted by Gasteiger charge is 2.15. The van der Waals surface area contributed by atoms with Crippen LogP contribution in [0.5, 0.6) is 0 Å². The van der Waals surface area contributed by atoms with E-state index in [4.69, 9.17) is 0 Å². The highest BCUT2D eigenvalue weighted by molar-refractivity contribution is 7.99. The Morgan fingerprint density at radius 3 is 3.07 bits per heavy atom. The Kier molecular flexibility index (Phi) is 6.10.